The smallest absolute Gasteiger partial charge is 0.218 e. The van der Waals surface area contributed by atoms with Crippen molar-refractivity contribution in [3.05, 3.63) is 60.7 Å². The van der Waals surface area contributed by atoms with E-state index >= 15 is 0 Å². The zero-order chi connectivity index (χ0) is 13.5. The van der Waals surface area contributed by atoms with Gasteiger partial charge in [0.05, 0.1) is 11.4 Å². The van der Waals surface area contributed by atoms with Crippen LogP contribution in [0.5, 0.6) is 0 Å². The zero-order valence-corrected chi connectivity index (χ0v) is 10.5. The van der Waals surface area contributed by atoms with E-state index in [1.54, 1.807) is 12.1 Å². The molecule has 19 heavy (non-hydrogen) atoms. The lowest BCUT2D eigenvalue weighted by Crippen LogP contribution is -2.05. The number of aliphatic imine (C=N–C) groups is 1. The van der Waals surface area contributed by atoms with Crippen LogP contribution in [0.15, 0.2) is 75.9 Å². The summed E-state index contributed by atoms with van der Waals surface area (Å²) in [6.45, 7) is 1.42. The predicted molar refractivity (Wildman–Crippen MR) is 75.2 cm³/mol. The molecule has 0 atom stereocenters. The number of nitrogens with zero attached hydrogens (tertiary/aromatic N) is 3. The summed E-state index contributed by atoms with van der Waals surface area (Å²) in [5, 5.41) is 7.91. The molecule has 0 aliphatic heterocycles. The lowest BCUT2D eigenvalue weighted by atomic mass is 10.3. The number of benzene rings is 2. The van der Waals surface area contributed by atoms with Gasteiger partial charge in [-0.25, -0.2) is 4.99 Å². The molecule has 0 N–H and O–H groups in total. The monoisotopic (exact) mass is 251 g/mol. The molecule has 0 aliphatic carbocycles. The van der Waals surface area contributed by atoms with Crippen molar-refractivity contribution in [3.8, 4) is 0 Å². The van der Waals surface area contributed by atoms with Gasteiger partial charge in [-0.15, -0.1) is 10.2 Å². The highest BCUT2D eigenvalue weighted by molar-refractivity contribution is 6.38. The van der Waals surface area contributed by atoms with Crippen molar-refractivity contribution in [1.82, 2.24) is 0 Å². The third kappa shape index (κ3) is 3.96. The number of para-hydroxylation sites is 1. The first kappa shape index (κ1) is 12.8. The maximum Gasteiger partial charge on any atom is 0.218 e. The molecular weight excluding hydrogens is 238 g/mol. The minimum atomic E-state index is -0.219. The maximum atomic E-state index is 11.5. The van der Waals surface area contributed by atoms with E-state index < -0.39 is 0 Å². The number of ketones is 1. The molecular formula is C15H13N3O. The molecule has 0 heterocycles. The molecule has 2 aromatic rings. The second-order valence-corrected chi connectivity index (χ2v) is 3.86. The molecule has 0 saturated heterocycles. The summed E-state index contributed by atoms with van der Waals surface area (Å²) in [5.74, 6) is -0.126. The Bertz CT molecular complexity index is 604. The predicted octanol–water partition coefficient (Wildman–Crippen LogP) is 4.09. The second-order valence-electron chi connectivity index (χ2n) is 3.86. The molecule has 0 fully saturated rings. The maximum absolute atomic E-state index is 11.5. The number of amidine groups is 1. The van der Waals surface area contributed by atoms with Crippen LogP contribution in [0.3, 0.4) is 0 Å². The van der Waals surface area contributed by atoms with Crippen molar-refractivity contribution in [1.29, 1.82) is 0 Å². The molecule has 0 saturated carbocycles. The summed E-state index contributed by atoms with van der Waals surface area (Å²) in [6.07, 6.45) is 0. The van der Waals surface area contributed by atoms with Crippen molar-refractivity contribution < 1.29 is 4.79 Å². The average Bonchev–Trinajstić information content (AvgIpc) is 2.45. The first-order chi connectivity index (χ1) is 9.25. The van der Waals surface area contributed by atoms with Gasteiger partial charge in [0.2, 0.25) is 5.84 Å². The number of hydrogen-bond donors (Lipinski definition) is 0. The Kier molecular flexibility index (Phi) is 4.29. The number of carbonyl (C=O) groups excluding carboxylic acids is 1. The third-order valence-electron chi connectivity index (χ3n) is 2.32. The number of rotatable bonds is 3. The van der Waals surface area contributed by atoms with Gasteiger partial charge in [-0.3, -0.25) is 4.79 Å². The fourth-order valence-corrected chi connectivity index (χ4v) is 1.40. The summed E-state index contributed by atoms with van der Waals surface area (Å²) in [5.41, 5.74) is 1.37. The van der Waals surface area contributed by atoms with Crippen LogP contribution in [-0.4, -0.2) is 11.6 Å². The van der Waals surface area contributed by atoms with Crippen molar-refractivity contribution >= 4 is 23.0 Å². The van der Waals surface area contributed by atoms with Gasteiger partial charge in [0.25, 0.3) is 0 Å². The van der Waals surface area contributed by atoms with Gasteiger partial charge in [-0.2, -0.15) is 0 Å². The van der Waals surface area contributed by atoms with E-state index in [1.165, 1.54) is 6.92 Å². The molecule has 94 valence electrons. The molecule has 4 heteroatoms. The van der Waals surface area contributed by atoms with Crippen LogP contribution < -0.4 is 0 Å². The molecule has 4 nitrogen and oxygen atoms in total. The zero-order valence-electron chi connectivity index (χ0n) is 10.5. The minimum absolute atomic E-state index is 0.0926. The van der Waals surface area contributed by atoms with Gasteiger partial charge < -0.3 is 0 Å². The Labute approximate surface area is 111 Å². The van der Waals surface area contributed by atoms with Crippen LogP contribution in [-0.2, 0) is 4.79 Å². The highest BCUT2D eigenvalue weighted by Gasteiger charge is 2.04. The Hall–Kier alpha value is -2.62. The fraction of sp³-hybridized carbons (Fsp3) is 0.0667. The summed E-state index contributed by atoms with van der Waals surface area (Å²) in [7, 11) is 0. The van der Waals surface area contributed by atoms with Crippen LogP contribution in [0.4, 0.5) is 11.4 Å². The van der Waals surface area contributed by atoms with E-state index in [0.29, 0.717) is 11.4 Å². The van der Waals surface area contributed by atoms with E-state index in [9.17, 15) is 4.79 Å². The average molecular weight is 251 g/mol. The minimum Gasteiger partial charge on any atom is -0.291 e. The Morgan fingerprint density at radius 2 is 1.37 bits per heavy atom. The standard InChI is InChI=1S/C15H13N3O/c1-12(19)15(16-13-8-4-2-5-9-13)18-17-14-10-6-3-7-11-14/h2-11H,1H3. The number of Topliss-reactive ketones (excluding diaryl/α,β-unsaturated/α-hetero) is 1. The lowest BCUT2D eigenvalue weighted by molar-refractivity contribution is -0.111. The van der Waals surface area contributed by atoms with Gasteiger partial charge in [0.1, 0.15) is 0 Å². The van der Waals surface area contributed by atoms with E-state index in [1.807, 2.05) is 48.5 Å². The number of carbonyl (C=O) groups is 1. The van der Waals surface area contributed by atoms with Crippen LogP contribution in [0.2, 0.25) is 0 Å². The van der Waals surface area contributed by atoms with Gasteiger partial charge in [-0.1, -0.05) is 36.4 Å². The van der Waals surface area contributed by atoms with E-state index in [0.717, 1.165) is 0 Å². The number of hydrogen-bond acceptors (Lipinski definition) is 3. The van der Waals surface area contributed by atoms with Crippen molar-refractivity contribution in [2.24, 2.45) is 15.2 Å². The molecule has 0 unspecified atom stereocenters. The van der Waals surface area contributed by atoms with Gasteiger partial charge in [0, 0.05) is 6.92 Å². The molecule has 2 rings (SSSR count). The van der Waals surface area contributed by atoms with E-state index in [2.05, 4.69) is 15.2 Å². The van der Waals surface area contributed by atoms with E-state index in [-0.39, 0.29) is 11.6 Å². The molecule has 0 amide bonds. The first-order valence-electron chi connectivity index (χ1n) is 5.87. The Balaban J connectivity index is 2.25. The summed E-state index contributed by atoms with van der Waals surface area (Å²) >= 11 is 0. The Morgan fingerprint density at radius 1 is 0.842 bits per heavy atom. The highest BCUT2D eigenvalue weighted by Crippen LogP contribution is 2.13. The second kappa shape index (κ2) is 6.35. The van der Waals surface area contributed by atoms with Crippen molar-refractivity contribution in [3.63, 3.8) is 0 Å². The van der Waals surface area contributed by atoms with Crippen LogP contribution in [0.25, 0.3) is 0 Å². The van der Waals surface area contributed by atoms with Crippen molar-refractivity contribution in [2.45, 2.75) is 6.92 Å². The first-order valence-corrected chi connectivity index (χ1v) is 5.87. The van der Waals surface area contributed by atoms with Gasteiger partial charge in [0.15, 0.2) is 5.78 Å². The quantitative estimate of drug-likeness (QED) is 0.460. The normalized spacial score (nSPS) is 11.7. The summed E-state index contributed by atoms with van der Waals surface area (Å²) < 4.78 is 0. The van der Waals surface area contributed by atoms with E-state index in [4.69, 9.17) is 0 Å². The molecule has 0 radical (unpaired) electrons. The largest absolute Gasteiger partial charge is 0.291 e. The van der Waals surface area contributed by atoms with Crippen LogP contribution in [0.1, 0.15) is 6.92 Å². The topological polar surface area (TPSA) is 54.1 Å². The fourth-order valence-electron chi connectivity index (χ4n) is 1.40. The van der Waals surface area contributed by atoms with Crippen molar-refractivity contribution in [2.75, 3.05) is 0 Å². The molecule has 0 aromatic heterocycles. The van der Waals surface area contributed by atoms with Gasteiger partial charge in [-0.05, 0) is 24.3 Å². The molecule has 0 spiro atoms. The molecule has 0 bridgehead atoms. The SMILES string of the molecule is CC(=O)C(N=Nc1ccccc1)=Nc1ccccc1. The molecule has 2 aromatic carbocycles. The Morgan fingerprint density at radius 3 is 1.89 bits per heavy atom. The number of azo groups is 1. The third-order valence-corrected chi connectivity index (χ3v) is 2.32. The van der Waals surface area contributed by atoms with Gasteiger partial charge >= 0.3 is 0 Å². The summed E-state index contributed by atoms with van der Waals surface area (Å²) in [6, 6.07) is 18.4. The summed E-state index contributed by atoms with van der Waals surface area (Å²) in [4.78, 5) is 15.7. The molecule has 0 aliphatic rings. The van der Waals surface area contributed by atoms with Crippen LogP contribution >= 0.6 is 0 Å². The highest BCUT2D eigenvalue weighted by atomic mass is 16.1. The van der Waals surface area contributed by atoms with Crippen LogP contribution in [0, 0.1) is 0 Å². The lowest BCUT2D eigenvalue weighted by Gasteiger charge is -1.96.